The average molecular weight is 369 g/mol. The molecule has 0 aliphatic heterocycles. The third kappa shape index (κ3) is 2.61. The van der Waals surface area contributed by atoms with Gasteiger partial charge in [-0.1, -0.05) is 26.0 Å². The quantitative estimate of drug-likeness (QED) is 0.457. The molecule has 0 spiro atoms. The Balaban J connectivity index is 1.73. The van der Waals surface area contributed by atoms with Crippen molar-refractivity contribution in [1.29, 1.82) is 0 Å². The molecule has 0 heterocycles. The largest absolute Gasteiger partial charge is 0.426 e. The second-order valence-corrected chi connectivity index (χ2v) is 9.51. The minimum Gasteiger partial charge on any atom is -0.426 e. The van der Waals surface area contributed by atoms with Gasteiger partial charge in [-0.2, -0.15) is 0 Å². The van der Waals surface area contributed by atoms with Gasteiger partial charge >= 0.3 is 5.97 Å². The van der Waals surface area contributed by atoms with E-state index < -0.39 is 5.60 Å². The van der Waals surface area contributed by atoms with Gasteiger partial charge in [-0.25, -0.2) is 0 Å². The molecule has 5 unspecified atom stereocenters. The molecule has 146 valence electrons. The standard InChI is InChI=1S/C24H32O3/c1-6-24(26)10-8-20-22-15(3)11-17-13-21(27-16(4)25)14(2)12-19(17)18(22)7-9-23(20,24)5/h6,12-13,15,18,20,22,26H,1,7-11H2,2-5H3/t15-,18?,20?,22?,23?,24?/m1/s1. The fourth-order valence-corrected chi connectivity index (χ4v) is 6.76. The van der Waals surface area contributed by atoms with Crippen LogP contribution in [0.3, 0.4) is 0 Å². The van der Waals surface area contributed by atoms with Crippen molar-refractivity contribution < 1.29 is 14.6 Å². The lowest BCUT2D eigenvalue weighted by molar-refractivity contribution is -0.131. The number of aliphatic hydroxyl groups is 1. The van der Waals surface area contributed by atoms with E-state index in [1.54, 1.807) is 0 Å². The number of rotatable bonds is 2. The van der Waals surface area contributed by atoms with Crippen LogP contribution in [0.5, 0.6) is 5.75 Å². The van der Waals surface area contributed by atoms with Gasteiger partial charge in [-0.15, -0.1) is 6.58 Å². The van der Waals surface area contributed by atoms with Gasteiger partial charge in [0.2, 0.25) is 0 Å². The smallest absolute Gasteiger partial charge is 0.308 e. The monoisotopic (exact) mass is 368 g/mol. The zero-order chi connectivity index (χ0) is 19.6. The predicted molar refractivity (Wildman–Crippen MR) is 107 cm³/mol. The summed E-state index contributed by atoms with van der Waals surface area (Å²) in [7, 11) is 0. The van der Waals surface area contributed by atoms with E-state index >= 15 is 0 Å². The number of benzene rings is 1. The lowest BCUT2D eigenvalue weighted by Crippen LogP contribution is -2.51. The highest BCUT2D eigenvalue weighted by Gasteiger charge is 2.61. The lowest BCUT2D eigenvalue weighted by atomic mass is 9.51. The van der Waals surface area contributed by atoms with E-state index in [2.05, 4.69) is 32.6 Å². The molecule has 3 nitrogen and oxygen atoms in total. The normalized spacial score (nSPS) is 39.9. The molecule has 3 aliphatic rings. The van der Waals surface area contributed by atoms with Crippen LogP contribution in [0, 0.1) is 30.1 Å². The van der Waals surface area contributed by atoms with Crippen LogP contribution in [-0.4, -0.2) is 16.7 Å². The molecular formula is C24H32O3. The van der Waals surface area contributed by atoms with Crippen LogP contribution in [0.4, 0.5) is 0 Å². The molecule has 4 rings (SSSR count). The van der Waals surface area contributed by atoms with Gasteiger partial charge in [0.05, 0.1) is 5.60 Å². The van der Waals surface area contributed by atoms with Crippen LogP contribution in [0.2, 0.25) is 0 Å². The number of ether oxygens (including phenoxy) is 1. The first-order chi connectivity index (χ1) is 12.7. The Morgan fingerprint density at radius 2 is 2.07 bits per heavy atom. The van der Waals surface area contributed by atoms with Crippen molar-refractivity contribution in [3.63, 3.8) is 0 Å². The highest BCUT2D eigenvalue weighted by molar-refractivity contribution is 5.70. The van der Waals surface area contributed by atoms with Crippen molar-refractivity contribution in [1.82, 2.24) is 0 Å². The van der Waals surface area contributed by atoms with E-state index in [0.29, 0.717) is 29.4 Å². The van der Waals surface area contributed by atoms with Gasteiger partial charge in [0.25, 0.3) is 0 Å². The molecule has 27 heavy (non-hydrogen) atoms. The van der Waals surface area contributed by atoms with Gasteiger partial charge in [0.15, 0.2) is 0 Å². The number of hydrogen-bond donors (Lipinski definition) is 1. The molecule has 6 atom stereocenters. The van der Waals surface area contributed by atoms with Crippen LogP contribution in [0.25, 0.3) is 0 Å². The summed E-state index contributed by atoms with van der Waals surface area (Å²) in [4.78, 5) is 11.4. The minimum atomic E-state index is -0.724. The summed E-state index contributed by atoms with van der Waals surface area (Å²) >= 11 is 0. The van der Waals surface area contributed by atoms with E-state index in [4.69, 9.17) is 4.74 Å². The Hall–Kier alpha value is -1.61. The van der Waals surface area contributed by atoms with E-state index in [1.165, 1.54) is 18.1 Å². The fourth-order valence-electron chi connectivity index (χ4n) is 6.76. The summed E-state index contributed by atoms with van der Waals surface area (Å²) in [6.07, 6.45) is 6.90. The van der Waals surface area contributed by atoms with Crippen molar-refractivity contribution in [2.45, 2.75) is 71.3 Å². The van der Waals surface area contributed by atoms with Gasteiger partial charge in [-0.05, 0) is 85.5 Å². The van der Waals surface area contributed by atoms with E-state index in [-0.39, 0.29) is 11.4 Å². The molecule has 0 saturated heterocycles. The number of esters is 1. The maximum atomic E-state index is 11.4. The molecule has 1 N–H and O–H groups in total. The maximum absolute atomic E-state index is 11.4. The second kappa shape index (κ2) is 6.20. The molecule has 0 radical (unpaired) electrons. The molecule has 3 heteroatoms. The SMILES string of the molecule is C=CC1(O)CCC2C3C(CCC21C)c1cc(C)c(OC(C)=O)cc1C[C@H]3C. The van der Waals surface area contributed by atoms with Crippen LogP contribution in [-0.2, 0) is 11.2 Å². The molecule has 0 aromatic heterocycles. The number of carbonyl (C=O) groups excluding carboxylic acids is 1. The number of fused-ring (bicyclic) bond motifs is 5. The average Bonchev–Trinajstić information content (AvgIpc) is 2.88. The van der Waals surface area contributed by atoms with Crippen LogP contribution < -0.4 is 4.74 Å². The summed E-state index contributed by atoms with van der Waals surface area (Å²) in [6.45, 7) is 12.1. The first-order valence-electron chi connectivity index (χ1n) is 10.4. The first-order valence-corrected chi connectivity index (χ1v) is 10.4. The predicted octanol–water partition coefficient (Wildman–Crippen LogP) is 4.94. The zero-order valence-corrected chi connectivity index (χ0v) is 17.0. The Morgan fingerprint density at radius 1 is 1.33 bits per heavy atom. The fraction of sp³-hybridized carbons (Fsp3) is 0.625. The third-order valence-electron chi connectivity index (χ3n) is 8.17. The molecule has 2 saturated carbocycles. The summed E-state index contributed by atoms with van der Waals surface area (Å²) in [6, 6.07) is 4.36. The highest BCUT2D eigenvalue weighted by Crippen LogP contribution is 2.65. The van der Waals surface area contributed by atoms with Crippen molar-refractivity contribution in [3.05, 3.63) is 41.5 Å². The number of carbonyl (C=O) groups is 1. The van der Waals surface area contributed by atoms with E-state index in [9.17, 15) is 9.90 Å². The van der Waals surface area contributed by atoms with Crippen LogP contribution in [0.1, 0.15) is 69.1 Å². The Kier molecular flexibility index (Phi) is 4.30. The van der Waals surface area contributed by atoms with Crippen molar-refractivity contribution >= 4 is 5.97 Å². The minimum absolute atomic E-state index is 0.0611. The number of hydrogen-bond acceptors (Lipinski definition) is 3. The Morgan fingerprint density at radius 3 is 2.74 bits per heavy atom. The number of aryl methyl sites for hydroxylation is 1. The molecule has 2 fully saturated rings. The summed E-state index contributed by atoms with van der Waals surface area (Å²) < 4.78 is 5.43. The van der Waals surface area contributed by atoms with Gasteiger partial charge < -0.3 is 9.84 Å². The second-order valence-electron chi connectivity index (χ2n) is 9.51. The third-order valence-corrected chi connectivity index (χ3v) is 8.17. The Labute approximate surface area is 162 Å². The van der Waals surface area contributed by atoms with Gasteiger partial charge in [0, 0.05) is 12.3 Å². The molecule has 0 bridgehead atoms. The summed E-state index contributed by atoms with van der Waals surface area (Å²) in [5.41, 5.74) is 3.04. The van der Waals surface area contributed by atoms with Gasteiger partial charge in [0.1, 0.15) is 5.75 Å². The van der Waals surface area contributed by atoms with Gasteiger partial charge in [-0.3, -0.25) is 4.79 Å². The van der Waals surface area contributed by atoms with Crippen molar-refractivity contribution in [3.8, 4) is 5.75 Å². The molecule has 1 aromatic carbocycles. The molecule has 0 amide bonds. The first kappa shape index (κ1) is 18.7. The lowest BCUT2D eigenvalue weighted by Gasteiger charge is -2.54. The van der Waals surface area contributed by atoms with E-state index in [0.717, 1.165) is 37.7 Å². The van der Waals surface area contributed by atoms with Crippen LogP contribution >= 0.6 is 0 Å². The van der Waals surface area contributed by atoms with Crippen LogP contribution in [0.15, 0.2) is 24.8 Å². The maximum Gasteiger partial charge on any atom is 0.308 e. The van der Waals surface area contributed by atoms with Crippen molar-refractivity contribution in [2.24, 2.45) is 23.2 Å². The van der Waals surface area contributed by atoms with Crippen molar-refractivity contribution in [2.75, 3.05) is 0 Å². The summed E-state index contributed by atoms with van der Waals surface area (Å²) in [5.74, 6) is 2.68. The zero-order valence-electron chi connectivity index (χ0n) is 17.0. The molecule has 3 aliphatic carbocycles. The Bertz CT molecular complexity index is 797. The topological polar surface area (TPSA) is 46.5 Å². The molecule has 1 aromatic rings. The summed E-state index contributed by atoms with van der Waals surface area (Å²) in [5, 5.41) is 11.2. The van der Waals surface area contributed by atoms with E-state index in [1.807, 2.05) is 13.0 Å². The molecular weight excluding hydrogens is 336 g/mol. The highest BCUT2D eigenvalue weighted by atomic mass is 16.5.